The first-order valence-electron chi connectivity index (χ1n) is 12.0. The summed E-state index contributed by atoms with van der Waals surface area (Å²) in [6.07, 6.45) is 7.28. The highest BCUT2D eigenvalue weighted by Gasteiger charge is 2.22. The number of aromatic nitrogens is 4. The quantitative estimate of drug-likeness (QED) is 0.399. The fraction of sp³-hybridized carbons (Fsp3) is 0.296. The summed E-state index contributed by atoms with van der Waals surface area (Å²) in [5.41, 5.74) is 4.57. The summed E-state index contributed by atoms with van der Waals surface area (Å²) in [4.78, 5) is 34.1. The van der Waals surface area contributed by atoms with Gasteiger partial charge in [-0.1, -0.05) is 24.3 Å². The lowest BCUT2D eigenvalue weighted by atomic mass is 9.88. The Hall–Kier alpha value is -4.27. The van der Waals surface area contributed by atoms with Crippen LogP contribution >= 0.6 is 0 Å². The predicted octanol–water partition coefficient (Wildman–Crippen LogP) is 5.48. The standard InChI is InChI=1S/C27H28N6O3/c1-27(2,3)36-26(35)33-16-19(15-29-33)18-13-23-22(28-14-18)11-12-24(30-23)32-25(34)31-21-10-6-8-17-7-4-5-9-20(17)21/h4-5,7,9,11-16,21H,6,8,10H2,1-3H3,(H2,30,31,32,34). The SMILES string of the molecule is CC(C)(C)OC(=O)n1cc(-c2cnc3ccc(NC(=O)NC4CCCc5ccccc54)nc3c2)cn1. The third-order valence-corrected chi connectivity index (χ3v) is 5.95. The molecule has 0 aliphatic heterocycles. The number of hydrogen-bond donors (Lipinski definition) is 2. The van der Waals surface area contributed by atoms with Gasteiger partial charge in [0.2, 0.25) is 0 Å². The molecule has 1 aromatic carbocycles. The van der Waals surface area contributed by atoms with Crippen molar-refractivity contribution in [2.75, 3.05) is 5.32 Å². The molecule has 1 atom stereocenters. The van der Waals surface area contributed by atoms with Gasteiger partial charge in [0.25, 0.3) is 0 Å². The summed E-state index contributed by atoms with van der Waals surface area (Å²) < 4.78 is 6.51. The fourth-order valence-electron chi connectivity index (χ4n) is 4.33. The molecule has 2 amide bonds. The second-order valence-electron chi connectivity index (χ2n) is 9.85. The van der Waals surface area contributed by atoms with Gasteiger partial charge in [-0.15, -0.1) is 0 Å². The molecule has 9 nitrogen and oxygen atoms in total. The van der Waals surface area contributed by atoms with Crippen molar-refractivity contribution in [3.63, 3.8) is 0 Å². The van der Waals surface area contributed by atoms with Gasteiger partial charge in [0.1, 0.15) is 11.4 Å². The smallest absolute Gasteiger partial charge is 0.435 e. The highest BCUT2D eigenvalue weighted by molar-refractivity contribution is 5.90. The molecule has 3 aromatic heterocycles. The zero-order chi connectivity index (χ0) is 25.3. The van der Waals surface area contributed by atoms with Crippen LogP contribution < -0.4 is 10.6 Å². The highest BCUT2D eigenvalue weighted by Crippen LogP contribution is 2.29. The Kier molecular flexibility index (Phi) is 6.13. The molecule has 9 heteroatoms. The minimum Gasteiger partial charge on any atom is -0.442 e. The van der Waals surface area contributed by atoms with E-state index in [2.05, 4.69) is 37.8 Å². The molecule has 1 aliphatic carbocycles. The molecule has 4 aromatic rings. The van der Waals surface area contributed by atoms with Crippen LogP contribution in [0.4, 0.5) is 15.4 Å². The van der Waals surface area contributed by atoms with E-state index < -0.39 is 11.7 Å². The number of anilines is 1. The summed E-state index contributed by atoms with van der Waals surface area (Å²) >= 11 is 0. The summed E-state index contributed by atoms with van der Waals surface area (Å²) in [6.45, 7) is 5.40. The van der Waals surface area contributed by atoms with Crippen LogP contribution in [0.15, 0.2) is 61.1 Å². The zero-order valence-corrected chi connectivity index (χ0v) is 20.5. The van der Waals surface area contributed by atoms with Crippen molar-refractivity contribution in [2.45, 2.75) is 51.7 Å². The van der Waals surface area contributed by atoms with E-state index in [0.29, 0.717) is 22.4 Å². The van der Waals surface area contributed by atoms with Gasteiger partial charge in [-0.2, -0.15) is 9.78 Å². The van der Waals surface area contributed by atoms with Crippen LogP contribution in [0, 0.1) is 0 Å². The number of carbonyl (C=O) groups excluding carboxylic acids is 2. The van der Waals surface area contributed by atoms with Gasteiger partial charge in [-0.05, 0) is 69.4 Å². The van der Waals surface area contributed by atoms with E-state index in [-0.39, 0.29) is 12.1 Å². The van der Waals surface area contributed by atoms with Crippen LogP contribution in [0.2, 0.25) is 0 Å². The lowest BCUT2D eigenvalue weighted by molar-refractivity contribution is 0.0514. The number of benzene rings is 1. The summed E-state index contributed by atoms with van der Waals surface area (Å²) in [6, 6.07) is 13.3. The van der Waals surface area contributed by atoms with Crippen molar-refractivity contribution >= 4 is 29.0 Å². The summed E-state index contributed by atoms with van der Waals surface area (Å²) in [5, 5.41) is 10.0. The fourth-order valence-corrected chi connectivity index (χ4v) is 4.33. The Morgan fingerprint density at radius 3 is 2.72 bits per heavy atom. The van der Waals surface area contributed by atoms with Gasteiger partial charge in [-0.25, -0.2) is 14.6 Å². The van der Waals surface area contributed by atoms with Crippen LogP contribution in [0.25, 0.3) is 22.2 Å². The molecule has 1 unspecified atom stereocenters. The largest absolute Gasteiger partial charge is 0.442 e. The number of nitrogens with zero attached hydrogens (tertiary/aromatic N) is 4. The van der Waals surface area contributed by atoms with Crippen molar-refractivity contribution in [1.29, 1.82) is 0 Å². The number of nitrogens with one attached hydrogen (secondary N) is 2. The molecule has 3 heterocycles. The van der Waals surface area contributed by atoms with Crippen molar-refractivity contribution in [2.24, 2.45) is 0 Å². The Labute approximate surface area is 208 Å². The van der Waals surface area contributed by atoms with Gasteiger partial charge in [0.15, 0.2) is 0 Å². The van der Waals surface area contributed by atoms with E-state index in [1.165, 1.54) is 11.1 Å². The van der Waals surface area contributed by atoms with Gasteiger partial charge < -0.3 is 10.1 Å². The van der Waals surface area contributed by atoms with Gasteiger partial charge in [0, 0.05) is 23.5 Å². The zero-order valence-electron chi connectivity index (χ0n) is 20.5. The average Bonchev–Trinajstić information content (AvgIpc) is 3.33. The van der Waals surface area contributed by atoms with E-state index in [9.17, 15) is 9.59 Å². The molecule has 1 aliphatic rings. The third-order valence-electron chi connectivity index (χ3n) is 5.95. The number of pyridine rings is 2. The minimum atomic E-state index is -0.617. The number of ether oxygens (including phenoxy) is 1. The molecule has 2 N–H and O–H groups in total. The van der Waals surface area contributed by atoms with E-state index in [4.69, 9.17) is 4.74 Å². The molecule has 0 saturated heterocycles. The number of carbonyl (C=O) groups is 2. The Morgan fingerprint density at radius 2 is 1.89 bits per heavy atom. The molecule has 36 heavy (non-hydrogen) atoms. The molecule has 0 radical (unpaired) electrons. The van der Waals surface area contributed by atoms with Crippen LogP contribution in [-0.2, 0) is 11.2 Å². The van der Waals surface area contributed by atoms with Crippen LogP contribution in [0.3, 0.4) is 0 Å². The minimum absolute atomic E-state index is 0.0230. The molecule has 0 fully saturated rings. The Morgan fingerprint density at radius 1 is 1.06 bits per heavy atom. The number of fused-ring (bicyclic) bond motifs is 2. The predicted molar refractivity (Wildman–Crippen MR) is 137 cm³/mol. The van der Waals surface area contributed by atoms with Gasteiger partial charge >= 0.3 is 12.1 Å². The van der Waals surface area contributed by atoms with E-state index in [0.717, 1.165) is 29.5 Å². The first-order chi connectivity index (χ1) is 17.2. The van der Waals surface area contributed by atoms with Crippen molar-refractivity contribution in [1.82, 2.24) is 25.1 Å². The Bertz CT molecular complexity index is 1440. The van der Waals surface area contributed by atoms with Crippen LogP contribution in [0.1, 0.15) is 50.8 Å². The summed E-state index contributed by atoms with van der Waals surface area (Å²) in [7, 11) is 0. The monoisotopic (exact) mass is 484 g/mol. The van der Waals surface area contributed by atoms with E-state index in [1.54, 1.807) is 45.4 Å². The molecular weight excluding hydrogens is 456 g/mol. The first kappa shape index (κ1) is 23.5. The van der Waals surface area contributed by atoms with Crippen LogP contribution in [-0.4, -0.2) is 37.5 Å². The lowest BCUT2D eigenvalue weighted by Crippen LogP contribution is -2.34. The van der Waals surface area contributed by atoms with Crippen molar-refractivity contribution in [3.05, 3.63) is 72.2 Å². The highest BCUT2D eigenvalue weighted by atomic mass is 16.6. The third kappa shape index (κ3) is 5.19. The maximum atomic E-state index is 12.7. The van der Waals surface area contributed by atoms with Gasteiger partial charge in [-0.3, -0.25) is 10.3 Å². The van der Waals surface area contributed by atoms with Gasteiger partial charge in [0.05, 0.1) is 23.3 Å². The summed E-state index contributed by atoms with van der Waals surface area (Å²) in [5.74, 6) is 0.424. The number of aryl methyl sites for hydroxylation is 1. The number of urea groups is 1. The first-order valence-corrected chi connectivity index (χ1v) is 12.0. The maximum Gasteiger partial charge on any atom is 0.435 e. The molecule has 0 bridgehead atoms. The number of hydrogen-bond acceptors (Lipinski definition) is 6. The molecular formula is C27H28N6O3. The number of amides is 2. The van der Waals surface area contributed by atoms with Crippen LogP contribution in [0.5, 0.6) is 0 Å². The Balaban J connectivity index is 1.31. The second kappa shape index (κ2) is 9.41. The number of rotatable bonds is 3. The van der Waals surface area contributed by atoms with Crippen molar-refractivity contribution in [3.8, 4) is 11.1 Å². The molecule has 0 spiro atoms. The topological polar surface area (TPSA) is 111 Å². The second-order valence-corrected chi connectivity index (χ2v) is 9.85. The van der Waals surface area contributed by atoms with E-state index >= 15 is 0 Å². The van der Waals surface area contributed by atoms with E-state index in [1.807, 2.05) is 24.3 Å². The molecule has 184 valence electrons. The molecule has 5 rings (SSSR count). The normalized spacial score (nSPS) is 15.2. The lowest BCUT2D eigenvalue weighted by Gasteiger charge is -2.26. The average molecular weight is 485 g/mol. The van der Waals surface area contributed by atoms with Crippen molar-refractivity contribution < 1.29 is 14.3 Å². The maximum absolute atomic E-state index is 12.7. The molecule has 0 saturated carbocycles.